The summed E-state index contributed by atoms with van der Waals surface area (Å²) >= 11 is 1.19. The lowest BCUT2D eigenvalue weighted by Gasteiger charge is -2.26. The number of hydrogen-bond donors (Lipinski definition) is 2. The summed E-state index contributed by atoms with van der Waals surface area (Å²) in [6, 6.07) is 13.1. The van der Waals surface area contributed by atoms with Gasteiger partial charge in [0.05, 0.1) is 12.8 Å². The third-order valence-electron chi connectivity index (χ3n) is 5.39. The maximum Gasteiger partial charge on any atom is 0.346 e. The molecule has 6 nitrogen and oxygen atoms in total. The Labute approximate surface area is 190 Å². The molecule has 1 aliphatic heterocycles. The summed E-state index contributed by atoms with van der Waals surface area (Å²) in [6.07, 6.45) is 1.82. The van der Waals surface area contributed by atoms with Gasteiger partial charge in [0, 0.05) is 28.3 Å². The van der Waals surface area contributed by atoms with Crippen LogP contribution in [0.3, 0.4) is 0 Å². The highest BCUT2D eigenvalue weighted by atomic mass is 32.1. The van der Waals surface area contributed by atoms with Crippen LogP contribution >= 0.6 is 11.3 Å². The molecule has 0 radical (unpaired) electrons. The van der Waals surface area contributed by atoms with Crippen LogP contribution in [0.25, 0.3) is 11.1 Å². The number of fused-ring (bicyclic) bond motifs is 1. The fraction of sp³-hybridized carbons (Fsp3) is 0.200. The summed E-state index contributed by atoms with van der Waals surface area (Å²) in [4.78, 5) is 25.9. The standard InChI is InChI=1S/C25H23NO5S/c1-4-12-31-22-16(6-5-7-18(22)30-3)17-13-19(27)26-21-20(15-10-8-14(2)9-11-15)24(25(28)29)32-23(17)21/h4-11,17H,1,12-13H2,2-3H3,(H,26,27)(H,28,29). The molecule has 1 aliphatic rings. The van der Waals surface area contributed by atoms with E-state index in [1.54, 1.807) is 19.3 Å². The minimum absolute atomic E-state index is 0.178. The van der Waals surface area contributed by atoms with E-state index in [1.807, 2.05) is 43.3 Å². The number of methoxy groups -OCH3 is 1. The monoisotopic (exact) mass is 449 g/mol. The molecule has 0 saturated heterocycles. The average molecular weight is 450 g/mol. The third kappa shape index (κ3) is 3.87. The number of benzene rings is 2. The van der Waals surface area contributed by atoms with Gasteiger partial charge in [-0.2, -0.15) is 0 Å². The van der Waals surface area contributed by atoms with Gasteiger partial charge in [-0.05, 0) is 18.6 Å². The smallest absolute Gasteiger partial charge is 0.346 e. The van der Waals surface area contributed by atoms with Crippen LogP contribution in [-0.4, -0.2) is 30.7 Å². The van der Waals surface area contributed by atoms with Crippen LogP contribution < -0.4 is 14.8 Å². The summed E-state index contributed by atoms with van der Waals surface area (Å²) in [5, 5.41) is 12.9. The van der Waals surface area contributed by atoms with Crippen molar-refractivity contribution in [1.29, 1.82) is 0 Å². The summed E-state index contributed by atoms with van der Waals surface area (Å²) < 4.78 is 11.4. The first-order valence-corrected chi connectivity index (χ1v) is 10.9. The van der Waals surface area contributed by atoms with E-state index >= 15 is 0 Å². The molecule has 1 unspecified atom stereocenters. The Morgan fingerprint density at radius 1 is 1.28 bits per heavy atom. The highest BCUT2D eigenvalue weighted by molar-refractivity contribution is 7.15. The Kier molecular flexibility index (Phi) is 6.01. The van der Waals surface area contributed by atoms with E-state index in [4.69, 9.17) is 9.47 Å². The number of nitrogens with one attached hydrogen (secondary N) is 1. The van der Waals surface area contributed by atoms with E-state index in [1.165, 1.54) is 11.3 Å². The Bertz CT molecular complexity index is 1200. The Hall–Kier alpha value is -3.58. The van der Waals surface area contributed by atoms with Gasteiger partial charge < -0.3 is 19.9 Å². The number of rotatable bonds is 7. The topological polar surface area (TPSA) is 84.9 Å². The molecule has 0 aliphatic carbocycles. The maximum absolute atomic E-state index is 12.8. The van der Waals surface area contributed by atoms with Gasteiger partial charge in [0.15, 0.2) is 11.5 Å². The second-order valence-corrected chi connectivity index (χ2v) is 8.55. The summed E-state index contributed by atoms with van der Waals surface area (Å²) in [5.74, 6) is -0.492. The zero-order valence-corrected chi connectivity index (χ0v) is 18.6. The van der Waals surface area contributed by atoms with Crippen molar-refractivity contribution in [2.45, 2.75) is 19.3 Å². The number of carbonyl (C=O) groups is 2. The average Bonchev–Trinajstić information content (AvgIpc) is 3.17. The molecule has 0 saturated carbocycles. The third-order valence-corrected chi connectivity index (χ3v) is 6.68. The number of amides is 1. The van der Waals surface area contributed by atoms with Crippen molar-refractivity contribution in [2.75, 3.05) is 19.0 Å². The lowest BCUT2D eigenvalue weighted by molar-refractivity contribution is -0.116. The SMILES string of the molecule is C=CCOc1c(OC)cccc1C1CC(=O)Nc2c1sc(C(=O)O)c2-c1ccc(C)cc1. The number of carboxylic acid groups (broad SMARTS) is 1. The van der Waals surface area contributed by atoms with Crippen LogP contribution in [0, 0.1) is 6.92 Å². The highest BCUT2D eigenvalue weighted by Gasteiger charge is 2.36. The van der Waals surface area contributed by atoms with Crippen LogP contribution in [-0.2, 0) is 4.79 Å². The van der Waals surface area contributed by atoms with Gasteiger partial charge in [0.25, 0.3) is 0 Å². The molecule has 164 valence electrons. The lowest BCUT2D eigenvalue weighted by Crippen LogP contribution is -2.23. The molecule has 32 heavy (non-hydrogen) atoms. The number of carboxylic acids is 1. The lowest BCUT2D eigenvalue weighted by atomic mass is 9.88. The number of hydrogen-bond acceptors (Lipinski definition) is 5. The first-order chi connectivity index (χ1) is 15.4. The zero-order chi connectivity index (χ0) is 22.8. The van der Waals surface area contributed by atoms with Gasteiger partial charge in [-0.1, -0.05) is 54.6 Å². The molecular formula is C25H23NO5S. The summed E-state index contributed by atoms with van der Waals surface area (Å²) in [7, 11) is 1.56. The van der Waals surface area contributed by atoms with Gasteiger partial charge in [-0.25, -0.2) is 4.79 Å². The fourth-order valence-electron chi connectivity index (χ4n) is 3.95. The quantitative estimate of drug-likeness (QED) is 0.467. The van der Waals surface area contributed by atoms with Gasteiger partial charge in [-0.15, -0.1) is 11.3 Å². The number of aryl methyl sites for hydroxylation is 1. The molecule has 2 heterocycles. The van der Waals surface area contributed by atoms with Gasteiger partial charge >= 0.3 is 5.97 Å². The van der Waals surface area contributed by atoms with Gasteiger partial charge in [0.2, 0.25) is 5.91 Å². The van der Waals surface area contributed by atoms with Gasteiger partial charge in [-0.3, -0.25) is 4.79 Å². The van der Waals surface area contributed by atoms with E-state index in [-0.39, 0.29) is 29.7 Å². The minimum atomic E-state index is -1.03. The Balaban J connectivity index is 1.93. The van der Waals surface area contributed by atoms with Crippen molar-refractivity contribution in [3.05, 3.63) is 76.0 Å². The van der Waals surface area contributed by atoms with Crippen molar-refractivity contribution >= 4 is 28.9 Å². The normalized spacial score (nSPS) is 14.9. The molecule has 0 spiro atoms. The fourth-order valence-corrected chi connectivity index (χ4v) is 5.19. The molecule has 1 atom stereocenters. The molecule has 1 amide bonds. The summed E-state index contributed by atoms with van der Waals surface area (Å²) in [6.45, 7) is 5.95. The predicted octanol–water partition coefficient (Wildman–Crippen LogP) is 5.47. The molecule has 7 heteroatoms. The van der Waals surface area contributed by atoms with Crippen LogP contribution in [0.15, 0.2) is 55.1 Å². The predicted molar refractivity (Wildman–Crippen MR) is 125 cm³/mol. The Morgan fingerprint density at radius 3 is 2.69 bits per heavy atom. The summed E-state index contributed by atoms with van der Waals surface area (Å²) in [5.41, 5.74) is 3.68. The van der Waals surface area contributed by atoms with Crippen molar-refractivity contribution in [3.8, 4) is 22.6 Å². The molecular weight excluding hydrogens is 426 g/mol. The molecule has 2 aromatic carbocycles. The highest BCUT2D eigenvalue weighted by Crippen LogP contribution is 2.51. The number of carbonyl (C=O) groups excluding carboxylic acids is 1. The first-order valence-electron chi connectivity index (χ1n) is 10.1. The van der Waals surface area contributed by atoms with E-state index < -0.39 is 5.97 Å². The number of para-hydroxylation sites is 1. The van der Waals surface area contributed by atoms with Crippen LogP contribution in [0.5, 0.6) is 11.5 Å². The van der Waals surface area contributed by atoms with Gasteiger partial charge in [0.1, 0.15) is 11.5 Å². The minimum Gasteiger partial charge on any atom is -0.493 e. The number of anilines is 1. The van der Waals surface area contributed by atoms with Crippen LogP contribution in [0.2, 0.25) is 0 Å². The van der Waals surface area contributed by atoms with E-state index in [0.29, 0.717) is 22.7 Å². The second-order valence-electron chi connectivity index (χ2n) is 7.50. The van der Waals surface area contributed by atoms with E-state index in [2.05, 4.69) is 11.9 Å². The van der Waals surface area contributed by atoms with Crippen LogP contribution in [0.4, 0.5) is 5.69 Å². The molecule has 0 bridgehead atoms. The van der Waals surface area contributed by atoms with Crippen molar-refractivity contribution < 1.29 is 24.2 Å². The molecule has 3 aromatic rings. The van der Waals surface area contributed by atoms with E-state index in [9.17, 15) is 14.7 Å². The molecule has 0 fully saturated rings. The molecule has 1 aromatic heterocycles. The van der Waals surface area contributed by atoms with Crippen molar-refractivity contribution in [1.82, 2.24) is 0 Å². The number of ether oxygens (including phenoxy) is 2. The zero-order valence-electron chi connectivity index (χ0n) is 17.8. The van der Waals surface area contributed by atoms with E-state index in [0.717, 1.165) is 21.6 Å². The molecule has 2 N–H and O–H groups in total. The number of thiophene rings is 1. The van der Waals surface area contributed by atoms with Crippen molar-refractivity contribution in [2.24, 2.45) is 0 Å². The van der Waals surface area contributed by atoms with Crippen molar-refractivity contribution in [3.63, 3.8) is 0 Å². The van der Waals surface area contributed by atoms with Crippen LogP contribution in [0.1, 0.15) is 38.0 Å². The molecule has 4 rings (SSSR count). The largest absolute Gasteiger partial charge is 0.493 e. The first kappa shape index (κ1) is 21.6. The maximum atomic E-state index is 12.8. The number of aromatic carboxylic acids is 1. The Morgan fingerprint density at radius 2 is 2.03 bits per heavy atom. The second kappa shape index (κ2) is 8.88.